The quantitative estimate of drug-likeness (QED) is 0.862. The molecule has 0 aromatic carbocycles. The van der Waals surface area contributed by atoms with Crippen molar-refractivity contribution in [3.8, 4) is 0 Å². The van der Waals surface area contributed by atoms with Gasteiger partial charge in [0.05, 0.1) is 5.60 Å². The van der Waals surface area contributed by atoms with Crippen LogP contribution in [0.2, 0.25) is 0 Å². The van der Waals surface area contributed by atoms with Crippen molar-refractivity contribution >= 4 is 22.2 Å². The van der Waals surface area contributed by atoms with Crippen molar-refractivity contribution in [2.45, 2.75) is 52.6 Å². The Morgan fingerprint density at radius 3 is 2.45 bits per heavy atom. The van der Waals surface area contributed by atoms with Gasteiger partial charge >= 0.3 is 0 Å². The molecule has 2 aromatic rings. The van der Waals surface area contributed by atoms with E-state index in [9.17, 15) is 9.59 Å². The van der Waals surface area contributed by atoms with Crippen LogP contribution in [0.1, 0.15) is 57.6 Å². The summed E-state index contributed by atoms with van der Waals surface area (Å²) in [6.07, 6.45) is 1.29. The normalized spacial score (nSPS) is 12.6. The predicted molar refractivity (Wildman–Crippen MR) is 86.3 cm³/mol. The summed E-state index contributed by atoms with van der Waals surface area (Å²) in [6.45, 7) is 11.4. The fourth-order valence-corrected chi connectivity index (χ4v) is 2.90. The fourth-order valence-electron chi connectivity index (χ4n) is 1.82. The third-order valence-corrected chi connectivity index (χ3v) is 3.75. The van der Waals surface area contributed by atoms with Gasteiger partial charge in [0.15, 0.2) is 4.96 Å². The summed E-state index contributed by atoms with van der Waals surface area (Å²) in [4.78, 5) is 34.8. The monoisotopic (exact) mass is 323 g/mol. The first-order valence-electron chi connectivity index (χ1n) is 6.99. The van der Waals surface area contributed by atoms with E-state index in [1.54, 1.807) is 20.8 Å². The van der Waals surface area contributed by atoms with Crippen LogP contribution < -0.4 is 11.0 Å². The van der Waals surface area contributed by atoms with Crippen LogP contribution in [-0.2, 0) is 10.3 Å². The van der Waals surface area contributed by atoms with Crippen molar-refractivity contribution in [2.75, 3.05) is 0 Å². The maximum Gasteiger partial charge on any atom is 0.282 e. The number of carbonyl (C=O) groups excluding carboxylic acids is 1. The van der Waals surface area contributed by atoms with Gasteiger partial charge in [-0.3, -0.25) is 18.8 Å². The third-order valence-electron chi connectivity index (χ3n) is 2.91. The highest BCUT2D eigenvalue weighted by molar-refractivity contribution is 7.15. The van der Waals surface area contributed by atoms with E-state index < -0.39 is 11.5 Å². The summed E-state index contributed by atoms with van der Waals surface area (Å²) in [5.74, 6) is -0.590. The molecule has 2 rings (SSSR count). The number of thiazole rings is 1. The molecular weight excluding hydrogens is 302 g/mol. The molecule has 0 saturated heterocycles. The standard InChI is InChI=1S/C15H21N3O3S/c1-14(2,3)10-8-22-13-16-7-9(12(20)18(10)13)11(19)17-21-15(4,5)6/h7-8H,1-6H3,(H,17,19). The summed E-state index contributed by atoms with van der Waals surface area (Å²) in [5.41, 5.74) is 1.96. The van der Waals surface area contributed by atoms with E-state index >= 15 is 0 Å². The summed E-state index contributed by atoms with van der Waals surface area (Å²) < 4.78 is 1.50. The molecule has 0 aliphatic heterocycles. The highest BCUT2D eigenvalue weighted by atomic mass is 32.1. The Bertz CT molecular complexity index is 763. The number of hydrogen-bond donors (Lipinski definition) is 1. The van der Waals surface area contributed by atoms with Crippen molar-refractivity contribution in [1.29, 1.82) is 0 Å². The van der Waals surface area contributed by atoms with Gasteiger partial charge in [0, 0.05) is 22.7 Å². The maximum atomic E-state index is 12.6. The SMILES string of the molecule is CC(C)(C)ONC(=O)c1cnc2scc(C(C)(C)C)n2c1=O. The average Bonchev–Trinajstić information content (AvgIpc) is 2.80. The summed E-state index contributed by atoms with van der Waals surface area (Å²) >= 11 is 1.38. The van der Waals surface area contributed by atoms with Gasteiger partial charge in [-0.15, -0.1) is 11.3 Å². The predicted octanol–water partition coefficient (Wildman–Crippen LogP) is 2.51. The zero-order valence-corrected chi connectivity index (χ0v) is 14.5. The Balaban J connectivity index is 2.47. The first-order chi connectivity index (χ1) is 10.0. The number of aromatic nitrogens is 2. The van der Waals surface area contributed by atoms with Crippen LogP contribution in [0.4, 0.5) is 0 Å². The van der Waals surface area contributed by atoms with E-state index in [0.29, 0.717) is 4.96 Å². The second-order valence-electron chi connectivity index (χ2n) is 7.11. The number of hydrogen-bond acceptors (Lipinski definition) is 5. The van der Waals surface area contributed by atoms with Gasteiger partial charge < -0.3 is 0 Å². The average molecular weight is 323 g/mol. The number of nitrogens with one attached hydrogen (secondary N) is 1. The highest BCUT2D eigenvalue weighted by Crippen LogP contribution is 2.25. The zero-order chi connectivity index (χ0) is 16.7. The molecule has 0 spiro atoms. The number of carbonyl (C=O) groups is 1. The zero-order valence-electron chi connectivity index (χ0n) is 13.7. The lowest BCUT2D eigenvalue weighted by Crippen LogP contribution is -2.37. The molecule has 0 unspecified atom stereocenters. The van der Waals surface area contributed by atoms with Crippen LogP contribution >= 0.6 is 11.3 Å². The maximum absolute atomic E-state index is 12.6. The Morgan fingerprint density at radius 2 is 1.91 bits per heavy atom. The number of nitrogens with zero attached hydrogens (tertiary/aromatic N) is 2. The second-order valence-corrected chi connectivity index (χ2v) is 7.95. The van der Waals surface area contributed by atoms with E-state index in [0.717, 1.165) is 5.69 Å². The Kier molecular flexibility index (Phi) is 4.14. The van der Waals surface area contributed by atoms with Crippen LogP contribution in [0, 0.1) is 0 Å². The van der Waals surface area contributed by atoms with Crippen LogP contribution in [-0.4, -0.2) is 20.9 Å². The number of amides is 1. The topological polar surface area (TPSA) is 72.7 Å². The summed E-state index contributed by atoms with van der Waals surface area (Å²) in [7, 11) is 0. The van der Waals surface area contributed by atoms with E-state index in [2.05, 4.69) is 10.5 Å². The first-order valence-corrected chi connectivity index (χ1v) is 7.87. The Morgan fingerprint density at radius 1 is 1.27 bits per heavy atom. The van der Waals surface area contributed by atoms with E-state index in [-0.39, 0.29) is 16.5 Å². The fraction of sp³-hybridized carbons (Fsp3) is 0.533. The summed E-state index contributed by atoms with van der Waals surface area (Å²) in [6, 6.07) is 0. The lowest BCUT2D eigenvalue weighted by molar-refractivity contribution is -0.0590. The molecule has 22 heavy (non-hydrogen) atoms. The van der Waals surface area contributed by atoms with Gasteiger partial charge in [-0.05, 0) is 20.8 Å². The number of rotatable bonds is 2. The van der Waals surface area contributed by atoms with Crippen molar-refractivity contribution in [3.05, 3.63) is 33.2 Å². The van der Waals surface area contributed by atoms with Crippen LogP contribution in [0.5, 0.6) is 0 Å². The smallest absolute Gasteiger partial charge is 0.268 e. The molecule has 0 bridgehead atoms. The van der Waals surface area contributed by atoms with Gasteiger partial charge in [0.25, 0.3) is 11.5 Å². The molecule has 0 aliphatic rings. The van der Waals surface area contributed by atoms with Crippen molar-refractivity contribution in [3.63, 3.8) is 0 Å². The molecule has 1 amide bonds. The van der Waals surface area contributed by atoms with Gasteiger partial charge in [0.2, 0.25) is 0 Å². The van der Waals surface area contributed by atoms with Crippen molar-refractivity contribution < 1.29 is 9.63 Å². The minimum Gasteiger partial charge on any atom is -0.268 e. The van der Waals surface area contributed by atoms with Crippen molar-refractivity contribution in [1.82, 2.24) is 14.9 Å². The highest BCUT2D eigenvalue weighted by Gasteiger charge is 2.23. The lowest BCUT2D eigenvalue weighted by Gasteiger charge is -2.19. The minimum absolute atomic E-state index is 0.0364. The van der Waals surface area contributed by atoms with E-state index in [4.69, 9.17) is 4.84 Å². The van der Waals surface area contributed by atoms with E-state index in [1.165, 1.54) is 21.9 Å². The molecule has 0 atom stereocenters. The van der Waals surface area contributed by atoms with Crippen LogP contribution in [0.3, 0.4) is 0 Å². The first kappa shape index (κ1) is 16.6. The van der Waals surface area contributed by atoms with Crippen molar-refractivity contribution in [2.24, 2.45) is 0 Å². The molecule has 7 heteroatoms. The molecule has 0 fully saturated rings. The lowest BCUT2D eigenvalue weighted by atomic mass is 9.93. The molecule has 6 nitrogen and oxygen atoms in total. The minimum atomic E-state index is -0.590. The third kappa shape index (κ3) is 3.36. The summed E-state index contributed by atoms with van der Waals surface area (Å²) in [5, 5.41) is 1.90. The number of hydroxylamine groups is 1. The molecule has 2 aromatic heterocycles. The van der Waals surface area contributed by atoms with Crippen LogP contribution in [0.25, 0.3) is 4.96 Å². The van der Waals surface area contributed by atoms with Gasteiger partial charge in [-0.1, -0.05) is 20.8 Å². The second kappa shape index (κ2) is 5.48. The Labute approximate surface area is 133 Å². The molecule has 1 N–H and O–H groups in total. The Hall–Kier alpha value is -1.73. The molecule has 0 saturated carbocycles. The molecule has 2 heterocycles. The van der Waals surface area contributed by atoms with Gasteiger partial charge in [0.1, 0.15) is 5.56 Å². The number of fused-ring (bicyclic) bond motifs is 1. The van der Waals surface area contributed by atoms with Crippen LogP contribution in [0.15, 0.2) is 16.4 Å². The largest absolute Gasteiger partial charge is 0.282 e. The molecular formula is C15H21N3O3S. The van der Waals surface area contributed by atoms with Gasteiger partial charge in [-0.25, -0.2) is 10.5 Å². The molecule has 0 aliphatic carbocycles. The molecule has 0 radical (unpaired) electrons. The van der Waals surface area contributed by atoms with E-state index in [1.807, 2.05) is 26.2 Å². The molecule has 120 valence electrons. The van der Waals surface area contributed by atoms with Gasteiger partial charge in [-0.2, -0.15) is 0 Å².